The Bertz CT molecular complexity index is 1460. The Labute approximate surface area is 242 Å². The van der Waals surface area contributed by atoms with Crippen molar-refractivity contribution in [3.63, 3.8) is 0 Å². The number of aliphatic hydroxyl groups excluding tert-OH is 1. The van der Waals surface area contributed by atoms with Gasteiger partial charge in [-0.25, -0.2) is 9.78 Å². The first kappa shape index (κ1) is 29.4. The topological polar surface area (TPSA) is 118 Å². The minimum Gasteiger partial charge on any atom is -0.489 e. The van der Waals surface area contributed by atoms with Crippen molar-refractivity contribution in [1.29, 1.82) is 0 Å². The quantitative estimate of drug-likeness (QED) is 0.297. The molecular formula is C28H30N3NaO6. The Morgan fingerprint density at radius 3 is 2.45 bits per heavy atom. The van der Waals surface area contributed by atoms with Crippen molar-refractivity contribution >= 4 is 0 Å². The van der Waals surface area contributed by atoms with Gasteiger partial charge in [-0.1, -0.05) is 30.3 Å². The van der Waals surface area contributed by atoms with Crippen LogP contribution in [-0.2, 0) is 13.2 Å². The zero-order chi connectivity index (χ0) is 26.5. The molecule has 0 spiro atoms. The van der Waals surface area contributed by atoms with Gasteiger partial charge < -0.3 is 24.1 Å². The number of pyridine rings is 1. The minimum atomic E-state index is -0.902. The number of rotatable bonds is 10. The predicted octanol–water partition coefficient (Wildman–Crippen LogP) is 0.527. The Hall–Kier alpha value is -3.11. The second-order valence-electron chi connectivity index (χ2n) is 9.03. The molecule has 1 atom stereocenters. The van der Waals surface area contributed by atoms with Crippen molar-refractivity contribution in [3.05, 3.63) is 97.5 Å². The fourth-order valence-electron chi connectivity index (χ4n) is 4.13. The molecule has 2 heterocycles. The number of hydrogen-bond donors (Lipinski definition) is 1. The van der Waals surface area contributed by atoms with E-state index in [1.807, 2.05) is 44.2 Å². The molecular weight excluding hydrogens is 497 g/mol. The van der Waals surface area contributed by atoms with Crippen molar-refractivity contribution in [3.8, 4) is 22.8 Å². The maximum absolute atomic E-state index is 11.6. The normalized spacial score (nSPS) is 11.6. The molecule has 0 aliphatic heterocycles. The van der Waals surface area contributed by atoms with E-state index in [4.69, 9.17) is 14.0 Å². The average molecular weight is 528 g/mol. The van der Waals surface area contributed by atoms with Crippen LogP contribution in [0, 0.1) is 20.8 Å². The van der Waals surface area contributed by atoms with E-state index in [-0.39, 0.29) is 36.1 Å². The van der Waals surface area contributed by atoms with Gasteiger partial charge in [-0.05, 0) is 67.6 Å². The Balaban J connectivity index is 0.00000400. The number of nitrogens with zero attached hydrogens (tertiary/aromatic N) is 3. The van der Waals surface area contributed by atoms with Gasteiger partial charge in [0.2, 0.25) is 5.88 Å². The predicted molar refractivity (Wildman–Crippen MR) is 138 cm³/mol. The Morgan fingerprint density at radius 2 is 1.82 bits per heavy atom. The van der Waals surface area contributed by atoms with Crippen LogP contribution in [0.3, 0.4) is 0 Å². The number of aryl methyl sites for hydroxylation is 2. The number of benzene rings is 2. The minimum absolute atomic E-state index is 0. The number of aromatic nitrogens is 3. The number of hydrogen-bond acceptors (Lipinski definition) is 7. The summed E-state index contributed by atoms with van der Waals surface area (Å²) in [6.45, 7) is 8.73. The first-order chi connectivity index (χ1) is 17.7. The van der Waals surface area contributed by atoms with Crippen molar-refractivity contribution in [2.24, 2.45) is 0 Å². The molecule has 0 aliphatic rings. The molecule has 2 aromatic carbocycles. The Morgan fingerprint density at radius 1 is 1.08 bits per heavy atom. The van der Waals surface area contributed by atoms with Gasteiger partial charge in [-0.15, -0.1) is 0 Å². The van der Waals surface area contributed by atoms with Crippen LogP contribution in [-0.4, -0.2) is 27.5 Å². The summed E-state index contributed by atoms with van der Waals surface area (Å²) in [5, 5.41) is 9.44. The van der Waals surface area contributed by atoms with E-state index < -0.39 is 17.5 Å². The summed E-state index contributed by atoms with van der Waals surface area (Å²) in [6.07, 6.45) is 0.139. The van der Waals surface area contributed by atoms with Crippen LogP contribution in [0.15, 0.2) is 62.6 Å². The smallest absolute Gasteiger partial charge is 0.489 e. The van der Waals surface area contributed by atoms with Crippen LogP contribution in [0.5, 0.6) is 11.6 Å². The molecule has 0 saturated heterocycles. The Kier molecular flexibility index (Phi) is 10.2. The molecule has 0 aliphatic carbocycles. The van der Waals surface area contributed by atoms with Crippen molar-refractivity contribution in [2.45, 2.75) is 53.4 Å². The first-order valence-corrected chi connectivity index (χ1v) is 12.1. The average Bonchev–Trinajstić information content (AvgIpc) is 3.16. The van der Waals surface area contributed by atoms with Gasteiger partial charge in [-0.2, -0.15) is 0 Å². The van der Waals surface area contributed by atoms with E-state index >= 15 is 0 Å². The largest absolute Gasteiger partial charge is 1.00 e. The van der Waals surface area contributed by atoms with Gasteiger partial charge in [0.05, 0.1) is 12.7 Å². The van der Waals surface area contributed by atoms with Gasteiger partial charge in [0.25, 0.3) is 0 Å². The maximum Gasteiger partial charge on any atom is 1.00 e. The van der Waals surface area contributed by atoms with Gasteiger partial charge >= 0.3 is 35.3 Å². The van der Waals surface area contributed by atoms with Crippen LogP contribution in [0.2, 0.25) is 0 Å². The van der Waals surface area contributed by atoms with E-state index in [1.165, 1.54) is 0 Å². The summed E-state index contributed by atoms with van der Waals surface area (Å²) in [7, 11) is 0. The maximum atomic E-state index is 11.6. The zero-order valence-electron chi connectivity index (χ0n) is 22.4. The molecule has 0 fully saturated rings. The molecule has 38 heavy (non-hydrogen) atoms. The van der Waals surface area contributed by atoms with Gasteiger partial charge in [0, 0.05) is 30.3 Å². The molecule has 1 N–H and O–H groups in total. The van der Waals surface area contributed by atoms with Crippen LogP contribution in [0.4, 0.5) is 0 Å². The molecule has 0 amide bonds. The van der Waals surface area contributed by atoms with E-state index in [9.17, 15) is 14.7 Å². The number of ether oxygens (including phenoxy) is 2. The second kappa shape index (κ2) is 13.1. The fourth-order valence-corrected chi connectivity index (χ4v) is 4.13. The summed E-state index contributed by atoms with van der Waals surface area (Å²) in [5.41, 5.74) is 6.31. The van der Waals surface area contributed by atoms with Crippen LogP contribution in [0.1, 0.15) is 41.3 Å². The molecule has 0 bridgehead atoms. The molecule has 2 aromatic heterocycles. The molecule has 4 aromatic rings. The van der Waals surface area contributed by atoms with Crippen molar-refractivity contribution in [1.82, 2.24) is 14.7 Å². The molecule has 0 saturated carbocycles. The third-order valence-corrected chi connectivity index (χ3v) is 6.11. The number of aliphatic hydroxyl groups is 1. The van der Waals surface area contributed by atoms with Gasteiger partial charge in [0.15, 0.2) is 5.69 Å². The molecule has 194 valence electrons. The monoisotopic (exact) mass is 527 g/mol. The molecule has 10 heteroatoms. The molecule has 4 rings (SSSR count). The third kappa shape index (κ3) is 7.26. The summed E-state index contributed by atoms with van der Waals surface area (Å²) < 4.78 is 17.4. The van der Waals surface area contributed by atoms with Gasteiger partial charge in [-0.3, -0.25) is 9.53 Å². The summed E-state index contributed by atoms with van der Waals surface area (Å²) in [5.74, 6) is 0.332. The van der Waals surface area contributed by atoms with Crippen LogP contribution < -0.4 is 55.5 Å². The van der Waals surface area contributed by atoms with E-state index in [0.29, 0.717) is 31.3 Å². The first-order valence-electron chi connectivity index (χ1n) is 12.1. The standard InChI is InChI=1S/C28H31N3O6.Na/c1-17-14-25(35-13-12-18(2)32)29-20(4)26(17)24-7-5-6-22(19(24)3)16-36-23-10-8-21(9-11-23)15-31-27(33)30-28(34)37-31;/h5-11,14,18,32H,12-13,15-16H2,1-4H3,(H,30,33,34);/q;+1/p-1/t18-;/m1./s1. The molecule has 0 radical (unpaired) electrons. The van der Waals surface area contributed by atoms with Crippen LogP contribution >= 0.6 is 0 Å². The van der Waals surface area contributed by atoms with E-state index in [0.717, 1.165) is 43.8 Å². The summed E-state index contributed by atoms with van der Waals surface area (Å²) in [6, 6.07) is 15.3. The fraction of sp³-hybridized carbons (Fsp3) is 0.321. The van der Waals surface area contributed by atoms with Gasteiger partial charge in [0.1, 0.15) is 12.4 Å². The third-order valence-electron chi connectivity index (χ3n) is 6.11. The SMILES string of the molecule is Cc1cc(OCC[C@@H](C)O)nc(C)c1-c1cccc(COc2ccc(Cn3oc(=O)[n-]c3=O)cc2)c1C.[Na+]. The summed E-state index contributed by atoms with van der Waals surface area (Å²) >= 11 is 0. The molecule has 0 unspecified atom stereocenters. The van der Waals surface area contributed by atoms with Crippen molar-refractivity contribution < 1.29 is 48.7 Å². The van der Waals surface area contributed by atoms with Crippen LogP contribution in [0.25, 0.3) is 11.1 Å². The second-order valence-corrected chi connectivity index (χ2v) is 9.03. The zero-order valence-corrected chi connectivity index (χ0v) is 24.4. The van der Waals surface area contributed by atoms with Crippen molar-refractivity contribution in [2.75, 3.05) is 6.61 Å². The van der Waals surface area contributed by atoms with E-state index in [1.54, 1.807) is 19.1 Å². The molecule has 9 nitrogen and oxygen atoms in total. The summed E-state index contributed by atoms with van der Waals surface area (Å²) in [4.78, 5) is 30.5. The van der Waals surface area contributed by atoms with E-state index in [2.05, 4.69) is 23.0 Å².